The van der Waals surface area contributed by atoms with E-state index in [2.05, 4.69) is 20.6 Å². The van der Waals surface area contributed by atoms with Crippen LogP contribution in [0.1, 0.15) is 44.7 Å². The van der Waals surface area contributed by atoms with Crippen LogP contribution in [-0.2, 0) is 22.8 Å². The molecule has 0 radical (unpaired) electrons. The highest BCUT2D eigenvalue weighted by atomic mass is 32.1. The van der Waals surface area contributed by atoms with Gasteiger partial charge in [-0.1, -0.05) is 36.4 Å². The number of aliphatic carboxylic acids is 2. The summed E-state index contributed by atoms with van der Waals surface area (Å²) in [5.74, 6) is -4.37. The van der Waals surface area contributed by atoms with Crippen molar-refractivity contribution in [1.82, 2.24) is 20.6 Å². The van der Waals surface area contributed by atoms with Gasteiger partial charge in [0.05, 0.1) is 11.4 Å². The molecule has 4 aromatic carbocycles. The van der Waals surface area contributed by atoms with Crippen molar-refractivity contribution < 1.29 is 65.2 Å². The number of hydrogen-bond acceptors (Lipinski definition) is 12. The largest absolute Gasteiger partial charge is 0.490 e. The lowest BCUT2D eigenvalue weighted by atomic mass is 10.1. The normalized spacial score (nSPS) is 10.9. The molecule has 2 heterocycles. The van der Waals surface area contributed by atoms with Crippen LogP contribution < -0.4 is 31.6 Å². The molecule has 6 aromatic rings. The number of carbonyl (C=O) groups is 4. The van der Waals surface area contributed by atoms with Gasteiger partial charge in [-0.3, -0.25) is 9.59 Å². The Labute approximate surface area is 368 Å². The Bertz CT molecular complexity index is 2460. The van der Waals surface area contributed by atoms with Crippen LogP contribution in [0.5, 0.6) is 11.5 Å². The number of thiazole rings is 2. The zero-order valence-corrected chi connectivity index (χ0v) is 34.7. The molecule has 8 N–H and O–H groups in total. The first kappa shape index (κ1) is 49.5. The maximum atomic E-state index is 12.8. The van der Waals surface area contributed by atoms with Crippen molar-refractivity contribution in [2.45, 2.75) is 38.4 Å². The van der Waals surface area contributed by atoms with E-state index in [1.165, 1.54) is 22.7 Å². The minimum Gasteiger partial charge on any atom is -0.489 e. The highest BCUT2D eigenvalue weighted by molar-refractivity contribution is 7.14. The lowest BCUT2D eigenvalue weighted by Crippen LogP contribution is -2.27. The molecule has 0 bridgehead atoms. The number of carboxylic acid groups (broad SMARTS) is 2. The van der Waals surface area contributed by atoms with Gasteiger partial charge in [-0.25, -0.2) is 19.6 Å². The first-order valence-electron chi connectivity index (χ1n) is 18.5. The number of amides is 2. The van der Waals surface area contributed by atoms with Crippen LogP contribution in [0.2, 0.25) is 0 Å². The zero-order valence-electron chi connectivity index (χ0n) is 33.1. The third-order valence-corrected chi connectivity index (χ3v) is 9.57. The topological polar surface area (TPSA) is 229 Å². The first-order valence-corrected chi connectivity index (χ1v) is 20.3. The zero-order chi connectivity index (χ0) is 46.9. The molecule has 0 saturated carbocycles. The van der Waals surface area contributed by atoms with Gasteiger partial charge in [0, 0.05) is 46.1 Å². The molecule has 0 aliphatic heterocycles. The van der Waals surface area contributed by atoms with Crippen LogP contribution >= 0.6 is 22.7 Å². The molecule has 6 rings (SSSR count). The number of anilines is 2. The van der Waals surface area contributed by atoms with Crippen LogP contribution in [0, 0.1) is 0 Å². The van der Waals surface area contributed by atoms with Crippen LogP contribution in [0.15, 0.2) is 108 Å². The van der Waals surface area contributed by atoms with E-state index in [9.17, 15) is 35.9 Å². The molecular formula is C42H38F6N6O8S2. The van der Waals surface area contributed by atoms with Gasteiger partial charge in [0.1, 0.15) is 24.7 Å². The summed E-state index contributed by atoms with van der Waals surface area (Å²) in [6.07, 6.45) is -8.71. The number of carboxylic acids is 2. The lowest BCUT2D eigenvalue weighted by molar-refractivity contribution is -0.193. The Hall–Kier alpha value is -7.20. The van der Waals surface area contributed by atoms with Crippen molar-refractivity contribution in [2.24, 2.45) is 0 Å². The van der Waals surface area contributed by atoms with Crippen molar-refractivity contribution in [3.63, 3.8) is 0 Å². The predicted molar refractivity (Wildman–Crippen MR) is 227 cm³/mol. The molecule has 338 valence electrons. The Morgan fingerprint density at radius 3 is 1.66 bits per heavy atom. The number of nitrogen functional groups attached to an aromatic ring is 2. The average Bonchev–Trinajstić information content (AvgIpc) is 3.91. The molecule has 2 amide bonds. The van der Waals surface area contributed by atoms with E-state index in [4.69, 9.17) is 40.7 Å². The molecule has 64 heavy (non-hydrogen) atoms. The number of benzene rings is 4. The highest BCUT2D eigenvalue weighted by Crippen LogP contribution is 2.32. The Balaban J connectivity index is 0.000000555. The van der Waals surface area contributed by atoms with E-state index < -0.39 is 24.3 Å². The number of halogens is 6. The van der Waals surface area contributed by atoms with Crippen molar-refractivity contribution in [1.29, 1.82) is 0 Å². The van der Waals surface area contributed by atoms with Gasteiger partial charge in [-0.05, 0) is 84.6 Å². The standard InChI is InChI=1S/C38H36N6O4S2.2C2HF3O2/c39-37-43-32(23-49-37)27-14-16-30(17-15-27)47-22-26-6-5-7-29(20-26)36(46)42-19-4-3-18-41-35(45)28-12-10-25(11-13-28)21-48-34-9-2-1-8-31(34)33-24-50-38(40)44-33;2*3-2(4,5)1(6)7/h1-2,5-17,20,23-24H,3-4,18-19,21-22H2,(H2,39,43)(H2,40,44)(H,41,45)(H,42,46);2*(H,6,7). The summed E-state index contributed by atoms with van der Waals surface area (Å²) in [4.78, 5) is 51.9. The number of rotatable bonds is 15. The molecule has 0 fully saturated rings. The fourth-order valence-electron chi connectivity index (χ4n) is 5.10. The SMILES string of the molecule is Nc1nc(-c2ccc(OCc3cccc(C(=O)NCCCCNC(=O)c4ccc(COc5ccccc5-c5csc(N)n5)cc4)c3)cc2)cs1.O=C(O)C(F)(F)F.O=C(O)C(F)(F)F. The number of ether oxygens (including phenoxy) is 2. The van der Waals surface area contributed by atoms with Crippen molar-refractivity contribution in [2.75, 3.05) is 24.6 Å². The second-order valence-electron chi connectivity index (χ2n) is 13.0. The van der Waals surface area contributed by atoms with Crippen LogP contribution in [0.4, 0.5) is 36.6 Å². The molecule has 22 heteroatoms. The predicted octanol–water partition coefficient (Wildman–Crippen LogP) is 8.46. The van der Waals surface area contributed by atoms with Gasteiger partial charge < -0.3 is 41.8 Å². The quantitative estimate of drug-likeness (QED) is 0.0421. The van der Waals surface area contributed by atoms with E-state index in [1.807, 2.05) is 89.6 Å². The Morgan fingerprint density at radius 2 is 1.12 bits per heavy atom. The molecule has 0 saturated heterocycles. The maximum Gasteiger partial charge on any atom is 0.490 e. The summed E-state index contributed by atoms with van der Waals surface area (Å²) in [6.45, 7) is 1.69. The number of nitrogens with zero attached hydrogens (tertiary/aromatic N) is 2. The fraction of sp³-hybridized carbons (Fsp3) is 0.190. The monoisotopic (exact) mass is 932 g/mol. The Morgan fingerprint density at radius 1 is 0.609 bits per heavy atom. The van der Waals surface area contributed by atoms with E-state index in [1.54, 1.807) is 18.2 Å². The highest BCUT2D eigenvalue weighted by Gasteiger charge is 2.39. The molecule has 2 aromatic heterocycles. The first-order chi connectivity index (χ1) is 30.3. The molecule has 0 aliphatic carbocycles. The molecule has 0 spiro atoms. The number of hydrogen-bond donors (Lipinski definition) is 6. The number of nitrogens with one attached hydrogen (secondary N) is 2. The minimum atomic E-state index is -5.08. The molecular weight excluding hydrogens is 895 g/mol. The summed E-state index contributed by atoms with van der Waals surface area (Å²) < 4.78 is 75.5. The smallest absolute Gasteiger partial charge is 0.489 e. The number of unbranched alkanes of at least 4 members (excludes halogenated alkanes) is 1. The van der Waals surface area contributed by atoms with Gasteiger partial charge in [0.15, 0.2) is 10.3 Å². The summed E-state index contributed by atoms with van der Waals surface area (Å²) in [7, 11) is 0. The molecule has 0 atom stereocenters. The Kier molecular flexibility index (Phi) is 18.0. The average molecular weight is 933 g/mol. The van der Waals surface area contributed by atoms with Crippen molar-refractivity contribution in [3.05, 3.63) is 130 Å². The van der Waals surface area contributed by atoms with Gasteiger partial charge in [-0.15, -0.1) is 22.7 Å². The molecule has 14 nitrogen and oxygen atoms in total. The van der Waals surface area contributed by atoms with Crippen LogP contribution in [0.25, 0.3) is 22.5 Å². The third kappa shape index (κ3) is 16.2. The summed E-state index contributed by atoms with van der Waals surface area (Å²) in [6, 6.07) is 30.1. The number of para-hydroxylation sites is 1. The number of carbonyl (C=O) groups excluding carboxylic acids is 2. The number of aromatic nitrogens is 2. The maximum absolute atomic E-state index is 12.8. The van der Waals surface area contributed by atoms with Gasteiger partial charge in [0.2, 0.25) is 0 Å². The van der Waals surface area contributed by atoms with Crippen molar-refractivity contribution in [3.8, 4) is 34.0 Å². The summed E-state index contributed by atoms with van der Waals surface area (Å²) in [5, 5.41) is 25.0. The number of nitrogens with two attached hydrogens (primary N) is 2. The summed E-state index contributed by atoms with van der Waals surface area (Å²) in [5.41, 5.74) is 18.0. The van der Waals surface area contributed by atoms with Crippen LogP contribution in [0.3, 0.4) is 0 Å². The lowest BCUT2D eigenvalue weighted by Gasteiger charge is -2.11. The summed E-state index contributed by atoms with van der Waals surface area (Å²) >= 11 is 2.79. The minimum absolute atomic E-state index is 0.146. The van der Waals surface area contributed by atoms with E-state index >= 15 is 0 Å². The number of alkyl halides is 6. The molecule has 0 unspecified atom stereocenters. The second kappa shape index (κ2) is 23.3. The second-order valence-corrected chi connectivity index (χ2v) is 14.7. The third-order valence-electron chi connectivity index (χ3n) is 8.22. The van der Waals surface area contributed by atoms with Gasteiger partial charge in [0.25, 0.3) is 11.8 Å². The van der Waals surface area contributed by atoms with E-state index in [0.29, 0.717) is 53.4 Å². The van der Waals surface area contributed by atoms with Crippen LogP contribution in [-0.4, -0.2) is 69.4 Å². The van der Waals surface area contributed by atoms with E-state index in [0.717, 1.165) is 52.2 Å². The molecule has 0 aliphatic rings. The van der Waals surface area contributed by atoms with E-state index in [-0.39, 0.29) is 11.8 Å². The van der Waals surface area contributed by atoms with Crippen molar-refractivity contribution >= 4 is 56.7 Å². The van der Waals surface area contributed by atoms with Gasteiger partial charge >= 0.3 is 24.3 Å². The van der Waals surface area contributed by atoms with Gasteiger partial charge in [-0.2, -0.15) is 26.3 Å². The fourth-order valence-corrected chi connectivity index (χ4v) is 6.23.